The average molecular weight is 267 g/mol. The minimum absolute atomic E-state index is 0.0391. The molecule has 1 aromatic heterocycles. The van der Waals surface area contributed by atoms with Gasteiger partial charge in [-0.3, -0.25) is 9.48 Å². The lowest BCUT2D eigenvalue weighted by Crippen LogP contribution is -2.51. The van der Waals surface area contributed by atoms with Crippen LogP contribution in [0.25, 0.3) is 0 Å². The second kappa shape index (κ2) is 6.16. The van der Waals surface area contributed by atoms with E-state index < -0.39 is 0 Å². The maximum Gasteiger partial charge on any atom is 0.244 e. The van der Waals surface area contributed by atoms with Crippen molar-refractivity contribution in [2.75, 3.05) is 26.8 Å². The number of morpholine rings is 1. The van der Waals surface area contributed by atoms with E-state index in [0.29, 0.717) is 19.7 Å². The van der Waals surface area contributed by atoms with Crippen LogP contribution < -0.4 is 0 Å². The molecular weight excluding hydrogens is 246 g/mol. The second-order valence-electron chi connectivity index (χ2n) is 5.04. The molecule has 1 aliphatic rings. The normalized spacial score (nSPS) is 23.6. The molecule has 0 spiro atoms. The number of ether oxygens (including phenoxy) is 2. The zero-order valence-electron chi connectivity index (χ0n) is 11.7. The number of amides is 1. The highest BCUT2D eigenvalue weighted by Gasteiger charge is 2.28. The summed E-state index contributed by atoms with van der Waals surface area (Å²) < 4.78 is 12.5. The van der Waals surface area contributed by atoms with Gasteiger partial charge in [-0.1, -0.05) is 0 Å². The van der Waals surface area contributed by atoms with E-state index in [2.05, 4.69) is 5.10 Å². The molecule has 106 valence electrons. The van der Waals surface area contributed by atoms with Crippen LogP contribution in [0.1, 0.15) is 12.5 Å². The van der Waals surface area contributed by atoms with Gasteiger partial charge in [-0.2, -0.15) is 5.10 Å². The van der Waals surface area contributed by atoms with Crippen molar-refractivity contribution < 1.29 is 14.3 Å². The quantitative estimate of drug-likeness (QED) is 0.795. The Morgan fingerprint density at radius 2 is 2.37 bits per heavy atom. The molecule has 6 nitrogen and oxygen atoms in total. The highest BCUT2D eigenvalue weighted by atomic mass is 16.5. The van der Waals surface area contributed by atoms with Crippen LogP contribution in [0.2, 0.25) is 0 Å². The molecule has 1 aromatic rings. The fraction of sp³-hybridized carbons (Fsp3) is 0.692. The summed E-state index contributed by atoms with van der Waals surface area (Å²) in [5.41, 5.74) is 1.06. The van der Waals surface area contributed by atoms with E-state index in [-0.39, 0.29) is 24.7 Å². The van der Waals surface area contributed by atoms with Gasteiger partial charge in [0.15, 0.2) is 0 Å². The lowest BCUT2D eigenvalue weighted by Gasteiger charge is -2.36. The topological polar surface area (TPSA) is 56.6 Å². The Kier molecular flexibility index (Phi) is 4.55. The molecule has 0 aliphatic carbocycles. The number of aromatic nitrogens is 2. The maximum atomic E-state index is 12.2. The number of nitrogens with zero attached hydrogens (tertiary/aromatic N) is 3. The van der Waals surface area contributed by atoms with Gasteiger partial charge in [0.2, 0.25) is 5.91 Å². The molecule has 2 atom stereocenters. The number of methoxy groups -OCH3 is 1. The molecule has 2 unspecified atom stereocenters. The Bertz CT molecular complexity index is 433. The van der Waals surface area contributed by atoms with E-state index in [9.17, 15) is 4.79 Å². The fourth-order valence-corrected chi connectivity index (χ4v) is 2.32. The van der Waals surface area contributed by atoms with Gasteiger partial charge in [-0.25, -0.2) is 0 Å². The summed E-state index contributed by atoms with van der Waals surface area (Å²) in [6, 6.07) is 0. The number of carbonyl (C=O) groups excluding carboxylic acids is 1. The molecule has 0 aromatic carbocycles. The minimum Gasteiger partial charge on any atom is -0.382 e. The molecule has 2 heterocycles. The van der Waals surface area contributed by atoms with Crippen LogP contribution in [0, 0.1) is 6.92 Å². The number of hydrogen-bond donors (Lipinski definition) is 0. The third-order valence-corrected chi connectivity index (χ3v) is 3.09. The van der Waals surface area contributed by atoms with Crippen molar-refractivity contribution in [2.45, 2.75) is 32.6 Å². The van der Waals surface area contributed by atoms with Crippen LogP contribution >= 0.6 is 0 Å². The van der Waals surface area contributed by atoms with E-state index in [0.717, 1.165) is 5.56 Å². The molecule has 19 heavy (non-hydrogen) atoms. The summed E-state index contributed by atoms with van der Waals surface area (Å²) in [6.07, 6.45) is 3.62. The van der Waals surface area contributed by atoms with Crippen LogP contribution in [-0.4, -0.2) is 59.6 Å². The van der Waals surface area contributed by atoms with Gasteiger partial charge in [-0.05, 0) is 19.4 Å². The van der Waals surface area contributed by atoms with E-state index >= 15 is 0 Å². The van der Waals surface area contributed by atoms with Gasteiger partial charge in [0, 0.05) is 26.4 Å². The van der Waals surface area contributed by atoms with Gasteiger partial charge in [0.1, 0.15) is 6.54 Å². The molecule has 0 radical (unpaired) electrons. The smallest absolute Gasteiger partial charge is 0.244 e. The monoisotopic (exact) mass is 267 g/mol. The summed E-state index contributed by atoms with van der Waals surface area (Å²) in [6.45, 7) is 5.92. The van der Waals surface area contributed by atoms with Crippen LogP contribution in [0.4, 0.5) is 0 Å². The fourth-order valence-electron chi connectivity index (χ4n) is 2.32. The van der Waals surface area contributed by atoms with E-state index in [1.165, 1.54) is 0 Å². The van der Waals surface area contributed by atoms with Crippen LogP contribution in [0.5, 0.6) is 0 Å². The van der Waals surface area contributed by atoms with Crippen molar-refractivity contribution in [3.8, 4) is 0 Å². The molecular formula is C13H21N3O3. The molecule has 0 N–H and O–H groups in total. The van der Waals surface area contributed by atoms with E-state index in [1.54, 1.807) is 18.0 Å². The summed E-state index contributed by atoms with van der Waals surface area (Å²) in [4.78, 5) is 14.1. The summed E-state index contributed by atoms with van der Waals surface area (Å²) in [7, 11) is 1.64. The highest BCUT2D eigenvalue weighted by Crippen LogP contribution is 2.12. The zero-order chi connectivity index (χ0) is 13.8. The molecule has 0 bridgehead atoms. The van der Waals surface area contributed by atoms with Crippen LogP contribution in [0.3, 0.4) is 0 Å². The molecule has 2 rings (SSSR count). The van der Waals surface area contributed by atoms with E-state index in [1.807, 2.05) is 24.9 Å². The minimum atomic E-state index is -0.0444. The third-order valence-electron chi connectivity index (χ3n) is 3.09. The Morgan fingerprint density at radius 3 is 3.00 bits per heavy atom. The Morgan fingerprint density at radius 1 is 1.58 bits per heavy atom. The Labute approximate surface area is 113 Å². The first-order chi connectivity index (χ1) is 9.08. The highest BCUT2D eigenvalue weighted by molar-refractivity contribution is 5.76. The molecule has 1 fully saturated rings. The lowest BCUT2D eigenvalue weighted by atomic mass is 10.2. The molecule has 1 saturated heterocycles. The predicted octanol–water partition coefficient (Wildman–Crippen LogP) is 0.454. The first-order valence-corrected chi connectivity index (χ1v) is 6.49. The van der Waals surface area contributed by atoms with Gasteiger partial charge in [0.25, 0.3) is 0 Å². The van der Waals surface area contributed by atoms with Crippen molar-refractivity contribution in [3.63, 3.8) is 0 Å². The first-order valence-electron chi connectivity index (χ1n) is 6.49. The second-order valence-corrected chi connectivity index (χ2v) is 5.04. The van der Waals surface area contributed by atoms with E-state index in [4.69, 9.17) is 9.47 Å². The van der Waals surface area contributed by atoms with Crippen molar-refractivity contribution >= 4 is 5.91 Å². The summed E-state index contributed by atoms with van der Waals surface area (Å²) in [5, 5.41) is 4.14. The number of carbonyl (C=O) groups is 1. The average Bonchev–Trinajstić information content (AvgIpc) is 2.74. The zero-order valence-corrected chi connectivity index (χ0v) is 11.7. The van der Waals surface area contributed by atoms with Crippen molar-refractivity contribution in [1.29, 1.82) is 0 Å². The SMILES string of the molecule is COCC1CN(C(=O)Cn2cc(C)cn2)CC(C)O1. The molecule has 1 aliphatic heterocycles. The van der Waals surface area contributed by atoms with Gasteiger partial charge in [-0.15, -0.1) is 0 Å². The van der Waals surface area contributed by atoms with Crippen LogP contribution in [0.15, 0.2) is 12.4 Å². The molecule has 1 amide bonds. The third kappa shape index (κ3) is 3.78. The molecule has 6 heteroatoms. The summed E-state index contributed by atoms with van der Waals surface area (Å²) >= 11 is 0. The number of aryl methyl sites for hydroxylation is 1. The largest absolute Gasteiger partial charge is 0.382 e. The van der Waals surface area contributed by atoms with Crippen LogP contribution in [-0.2, 0) is 20.8 Å². The Hall–Kier alpha value is -1.40. The molecule has 0 saturated carbocycles. The first kappa shape index (κ1) is 14.0. The maximum absolute atomic E-state index is 12.2. The van der Waals surface area contributed by atoms with Gasteiger partial charge < -0.3 is 14.4 Å². The van der Waals surface area contributed by atoms with Crippen molar-refractivity contribution in [3.05, 3.63) is 18.0 Å². The van der Waals surface area contributed by atoms with Crippen molar-refractivity contribution in [2.24, 2.45) is 0 Å². The lowest BCUT2D eigenvalue weighted by molar-refractivity contribution is -0.148. The summed E-state index contributed by atoms with van der Waals surface area (Å²) in [5.74, 6) is 0.0688. The Balaban J connectivity index is 1.94. The number of rotatable bonds is 4. The standard InChI is InChI=1S/C13H21N3O3/c1-10-4-14-16(5-10)8-13(17)15-6-11(2)19-12(7-15)9-18-3/h4-5,11-12H,6-9H2,1-3H3. The van der Waals surface area contributed by atoms with Gasteiger partial charge >= 0.3 is 0 Å². The predicted molar refractivity (Wildman–Crippen MR) is 69.8 cm³/mol. The van der Waals surface area contributed by atoms with Crippen molar-refractivity contribution in [1.82, 2.24) is 14.7 Å². The van der Waals surface area contributed by atoms with Gasteiger partial charge in [0.05, 0.1) is 25.0 Å². The number of hydrogen-bond acceptors (Lipinski definition) is 4.